The molecular formula is C15H18N2. The van der Waals surface area contributed by atoms with Crippen molar-refractivity contribution in [2.45, 2.75) is 20.4 Å². The van der Waals surface area contributed by atoms with Crippen LogP contribution >= 0.6 is 0 Å². The molecule has 0 amide bonds. The van der Waals surface area contributed by atoms with Crippen molar-refractivity contribution < 1.29 is 0 Å². The van der Waals surface area contributed by atoms with Gasteiger partial charge in [0.1, 0.15) is 0 Å². The quantitative estimate of drug-likeness (QED) is 0.870. The molecule has 2 heteroatoms. The lowest BCUT2D eigenvalue weighted by Crippen LogP contribution is -2.05. The summed E-state index contributed by atoms with van der Waals surface area (Å²) < 4.78 is 0. The summed E-state index contributed by atoms with van der Waals surface area (Å²) in [7, 11) is 1.97. The number of aryl methyl sites for hydroxylation is 2. The largest absolute Gasteiger partial charge is 0.316 e. The van der Waals surface area contributed by atoms with Crippen LogP contribution in [0.25, 0.3) is 11.1 Å². The van der Waals surface area contributed by atoms with Crippen LogP contribution in [-0.4, -0.2) is 12.0 Å². The van der Waals surface area contributed by atoms with Crippen molar-refractivity contribution in [1.29, 1.82) is 0 Å². The number of hydrogen-bond acceptors (Lipinski definition) is 2. The van der Waals surface area contributed by atoms with Gasteiger partial charge in [0.05, 0.1) is 0 Å². The summed E-state index contributed by atoms with van der Waals surface area (Å²) in [6.45, 7) is 5.07. The number of rotatable bonds is 3. The van der Waals surface area contributed by atoms with Gasteiger partial charge in [-0.05, 0) is 61.3 Å². The van der Waals surface area contributed by atoms with Gasteiger partial charge < -0.3 is 5.32 Å². The van der Waals surface area contributed by atoms with E-state index in [-0.39, 0.29) is 0 Å². The Morgan fingerprint density at radius 1 is 1.12 bits per heavy atom. The first-order valence-corrected chi connectivity index (χ1v) is 5.88. The van der Waals surface area contributed by atoms with E-state index in [1.165, 1.54) is 22.3 Å². The molecule has 0 saturated carbocycles. The van der Waals surface area contributed by atoms with Gasteiger partial charge in [-0.1, -0.05) is 12.1 Å². The fourth-order valence-electron chi connectivity index (χ4n) is 2.01. The molecule has 17 heavy (non-hydrogen) atoms. The zero-order chi connectivity index (χ0) is 12.3. The molecular weight excluding hydrogens is 208 g/mol. The second-order valence-electron chi connectivity index (χ2n) is 4.37. The second kappa shape index (κ2) is 5.11. The van der Waals surface area contributed by atoms with E-state index in [0.29, 0.717) is 0 Å². The molecule has 0 bridgehead atoms. The predicted octanol–water partition coefficient (Wildman–Crippen LogP) is 3.08. The van der Waals surface area contributed by atoms with Crippen molar-refractivity contribution in [3.8, 4) is 11.1 Å². The first kappa shape index (κ1) is 11.8. The van der Waals surface area contributed by atoms with E-state index in [0.717, 1.165) is 12.2 Å². The van der Waals surface area contributed by atoms with Crippen molar-refractivity contribution in [1.82, 2.24) is 10.3 Å². The number of benzene rings is 1. The van der Waals surface area contributed by atoms with Gasteiger partial charge in [-0.25, -0.2) is 0 Å². The summed E-state index contributed by atoms with van der Waals surface area (Å²) in [6, 6.07) is 10.8. The Bertz CT molecular complexity index is 518. The molecule has 1 aromatic heterocycles. The maximum absolute atomic E-state index is 4.24. The molecule has 2 nitrogen and oxygen atoms in total. The maximum Gasteiger partial charge on any atom is 0.0378 e. The lowest BCUT2D eigenvalue weighted by Gasteiger charge is -2.09. The number of aromatic nitrogens is 1. The highest BCUT2D eigenvalue weighted by atomic mass is 14.8. The van der Waals surface area contributed by atoms with E-state index < -0.39 is 0 Å². The van der Waals surface area contributed by atoms with E-state index in [9.17, 15) is 0 Å². The van der Waals surface area contributed by atoms with Crippen LogP contribution in [0.1, 0.15) is 16.8 Å². The standard InChI is InChI=1S/C15H18N2/c1-11-4-5-13(10-16-3)9-15(11)14-6-7-17-12(2)8-14/h4-9,16H,10H2,1-3H3. The van der Waals surface area contributed by atoms with Gasteiger partial charge in [-0.3, -0.25) is 4.98 Å². The summed E-state index contributed by atoms with van der Waals surface area (Å²) >= 11 is 0. The summed E-state index contributed by atoms with van der Waals surface area (Å²) in [6.07, 6.45) is 1.87. The Kier molecular flexibility index (Phi) is 3.55. The smallest absolute Gasteiger partial charge is 0.0378 e. The average Bonchev–Trinajstić information content (AvgIpc) is 2.32. The third kappa shape index (κ3) is 2.71. The highest BCUT2D eigenvalue weighted by Gasteiger charge is 2.03. The van der Waals surface area contributed by atoms with Crippen molar-refractivity contribution in [3.05, 3.63) is 53.3 Å². The van der Waals surface area contributed by atoms with Gasteiger partial charge in [-0.2, -0.15) is 0 Å². The molecule has 0 atom stereocenters. The molecule has 1 N–H and O–H groups in total. The average molecular weight is 226 g/mol. The third-order valence-electron chi connectivity index (χ3n) is 2.89. The number of hydrogen-bond donors (Lipinski definition) is 1. The van der Waals surface area contributed by atoms with Crippen molar-refractivity contribution >= 4 is 0 Å². The minimum absolute atomic E-state index is 0.900. The van der Waals surface area contributed by atoms with E-state index in [2.05, 4.69) is 47.6 Å². The molecule has 0 aliphatic rings. The van der Waals surface area contributed by atoms with E-state index >= 15 is 0 Å². The zero-order valence-corrected chi connectivity index (χ0v) is 10.6. The van der Waals surface area contributed by atoms with Crippen LogP contribution in [0.3, 0.4) is 0 Å². The van der Waals surface area contributed by atoms with Gasteiger partial charge in [0, 0.05) is 18.4 Å². The predicted molar refractivity (Wildman–Crippen MR) is 71.9 cm³/mol. The van der Waals surface area contributed by atoms with E-state index in [1.807, 2.05) is 20.2 Å². The molecule has 0 unspecified atom stereocenters. The lowest BCUT2D eigenvalue weighted by atomic mass is 9.98. The molecule has 1 heterocycles. The van der Waals surface area contributed by atoms with Crippen molar-refractivity contribution in [3.63, 3.8) is 0 Å². The molecule has 0 fully saturated rings. The fourth-order valence-corrected chi connectivity index (χ4v) is 2.01. The molecule has 0 aliphatic carbocycles. The van der Waals surface area contributed by atoms with Gasteiger partial charge in [0.15, 0.2) is 0 Å². The molecule has 0 saturated heterocycles. The maximum atomic E-state index is 4.24. The normalized spacial score (nSPS) is 10.5. The topological polar surface area (TPSA) is 24.9 Å². The van der Waals surface area contributed by atoms with E-state index in [4.69, 9.17) is 0 Å². The minimum Gasteiger partial charge on any atom is -0.316 e. The van der Waals surface area contributed by atoms with Crippen LogP contribution in [-0.2, 0) is 6.54 Å². The zero-order valence-electron chi connectivity index (χ0n) is 10.6. The van der Waals surface area contributed by atoms with E-state index in [1.54, 1.807) is 0 Å². The van der Waals surface area contributed by atoms with Gasteiger partial charge >= 0.3 is 0 Å². The summed E-state index contributed by atoms with van der Waals surface area (Å²) in [5.41, 5.74) is 6.20. The Balaban J connectivity index is 2.46. The fraction of sp³-hybridized carbons (Fsp3) is 0.267. The molecule has 1 aromatic carbocycles. The molecule has 0 aliphatic heterocycles. The molecule has 0 spiro atoms. The molecule has 0 radical (unpaired) electrons. The number of nitrogens with one attached hydrogen (secondary N) is 1. The Labute approximate surface area is 103 Å². The van der Waals surface area contributed by atoms with Crippen LogP contribution in [0.5, 0.6) is 0 Å². The number of pyridine rings is 1. The van der Waals surface area contributed by atoms with Crippen LogP contribution < -0.4 is 5.32 Å². The van der Waals surface area contributed by atoms with Gasteiger partial charge in [-0.15, -0.1) is 0 Å². The van der Waals surface area contributed by atoms with Crippen LogP contribution in [0.4, 0.5) is 0 Å². The lowest BCUT2D eigenvalue weighted by molar-refractivity contribution is 0.818. The third-order valence-corrected chi connectivity index (χ3v) is 2.89. The summed E-state index contributed by atoms with van der Waals surface area (Å²) in [5.74, 6) is 0. The first-order valence-electron chi connectivity index (χ1n) is 5.88. The summed E-state index contributed by atoms with van der Waals surface area (Å²) in [5, 5.41) is 3.18. The molecule has 2 aromatic rings. The number of nitrogens with zero attached hydrogens (tertiary/aromatic N) is 1. The molecule has 2 rings (SSSR count). The van der Waals surface area contributed by atoms with Crippen LogP contribution in [0, 0.1) is 13.8 Å². The SMILES string of the molecule is CNCc1ccc(C)c(-c2ccnc(C)c2)c1. The van der Waals surface area contributed by atoms with Crippen LogP contribution in [0.2, 0.25) is 0 Å². The minimum atomic E-state index is 0.900. The van der Waals surface area contributed by atoms with Gasteiger partial charge in [0.2, 0.25) is 0 Å². The van der Waals surface area contributed by atoms with Gasteiger partial charge in [0.25, 0.3) is 0 Å². The molecule has 88 valence electrons. The Hall–Kier alpha value is -1.67. The van der Waals surface area contributed by atoms with Crippen molar-refractivity contribution in [2.75, 3.05) is 7.05 Å². The summed E-state index contributed by atoms with van der Waals surface area (Å²) in [4.78, 5) is 4.24. The Morgan fingerprint density at radius 2 is 1.94 bits per heavy atom. The Morgan fingerprint density at radius 3 is 2.65 bits per heavy atom. The first-order chi connectivity index (χ1) is 8.20. The highest BCUT2D eigenvalue weighted by molar-refractivity contribution is 5.67. The van der Waals surface area contributed by atoms with Crippen molar-refractivity contribution in [2.24, 2.45) is 0 Å². The monoisotopic (exact) mass is 226 g/mol. The second-order valence-corrected chi connectivity index (χ2v) is 4.37. The highest BCUT2D eigenvalue weighted by Crippen LogP contribution is 2.24. The van der Waals surface area contributed by atoms with Crippen LogP contribution in [0.15, 0.2) is 36.5 Å².